The fourth-order valence-corrected chi connectivity index (χ4v) is 2.29. The molecular formula is C17H18BrN3O2. The average Bonchev–Trinajstić information content (AvgIpc) is 2.56. The molecule has 0 spiro atoms. The minimum absolute atomic E-state index is 0.113. The van der Waals surface area contributed by atoms with Crippen molar-refractivity contribution in [2.45, 2.75) is 19.4 Å². The predicted octanol–water partition coefficient (Wildman–Crippen LogP) is 2.84. The van der Waals surface area contributed by atoms with Crippen LogP contribution in [0.3, 0.4) is 0 Å². The second-order valence-corrected chi connectivity index (χ2v) is 6.00. The molecule has 23 heavy (non-hydrogen) atoms. The van der Waals surface area contributed by atoms with Crippen LogP contribution in [-0.4, -0.2) is 23.3 Å². The third-order valence-corrected chi connectivity index (χ3v) is 3.83. The lowest BCUT2D eigenvalue weighted by molar-refractivity contribution is -0.121. The fourth-order valence-electron chi connectivity index (χ4n) is 2.02. The van der Waals surface area contributed by atoms with Crippen LogP contribution in [0.2, 0.25) is 0 Å². The molecule has 0 aliphatic heterocycles. The van der Waals surface area contributed by atoms with Gasteiger partial charge in [-0.3, -0.25) is 14.6 Å². The van der Waals surface area contributed by atoms with Crippen LogP contribution in [0.5, 0.6) is 0 Å². The minimum atomic E-state index is -0.189. The van der Waals surface area contributed by atoms with E-state index in [-0.39, 0.29) is 24.3 Å². The van der Waals surface area contributed by atoms with E-state index in [2.05, 4.69) is 31.5 Å². The second-order valence-electron chi connectivity index (χ2n) is 5.09. The van der Waals surface area contributed by atoms with Crippen LogP contribution in [0.15, 0.2) is 53.3 Å². The Labute approximate surface area is 143 Å². The molecule has 5 nitrogen and oxygen atoms in total. The lowest BCUT2D eigenvalue weighted by Gasteiger charge is -2.14. The molecule has 2 rings (SSSR count). The zero-order chi connectivity index (χ0) is 16.7. The normalized spacial score (nSPS) is 11.6. The van der Waals surface area contributed by atoms with E-state index in [0.29, 0.717) is 12.1 Å². The molecule has 1 unspecified atom stereocenters. The van der Waals surface area contributed by atoms with Gasteiger partial charge in [0.25, 0.3) is 5.91 Å². The molecule has 1 atom stereocenters. The molecule has 0 saturated carbocycles. The van der Waals surface area contributed by atoms with Gasteiger partial charge >= 0.3 is 0 Å². The maximum atomic E-state index is 11.9. The van der Waals surface area contributed by atoms with Crippen molar-refractivity contribution in [3.63, 3.8) is 0 Å². The van der Waals surface area contributed by atoms with Gasteiger partial charge in [-0.2, -0.15) is 0 Å². The molecule has 1 heterocycles. The number of rotatable bonds is 6. The summed E-state index contributed by atoms with van der Waals surface area (Å²) in [5.74, 6) is -0.303. The van der Waals surface area contributed by atoms with Gasteiger partial charge in [0.05, 0.1) is 6.04 Å². The van der Waals surface area contributed by atoms with Gasteiger partial charge in [0.15, 0.2) is 0 Å². The van der Waals surface area contributed by atoms with Gasteiger partial charge in [-0.1, -0.05) is 22.0 Å². The summed E-state index contributed by atoms with van der Waals surface area (Å²) < 4.78 is 0.915. The SMILES string of the molecule is CC(NC(=O)CCNC(=O)c1ccc(Br)cc1)c1cccnc1. The van der Waals surface area contributed by atoms with E-state index in [1.54, 1.807) is 36.7 Å². The topological polar surface area (TPSA) is 71.1 Å². The zero-order valence-corrected chi connectivity index (χ0v) is 14.3. The van der Waals surface area contributed by atoms with Crippen LogP contribution in [0, 0.1) is 0 Å². The summed E-state index contributed by atoms with van der Waals surface area (Å²) in [6.07, 6.45) is 3.64. The van der Waals surface area contributed by atoms with E-state index in [4.69, 9.17) is 0 Å². The number of nitrogens with zero attached hydrogens (tertiary/aromatic N) is 1. The summed E-state index contributed by atoms with van der Waals surface area (Å²) in [7, 11) is 0. The van der Waals surface area contributed by atoms with E-state index in [1.807, 2.05) is 19.1 Å². The lowest BCUT2D eigenvalue weighted by atomic mass is 10.1. The Kier molecular flexibility index (Phi) is 6.29. The van der Waals surface area contributed by atoms with Crippen LogP contribution in [0.4, 0.5) is 0 Å². The Morgan fingerprint density at radius 3 is 2.61 bits per heavy atom. The highest BCUT2D eigenvalue weighted by atomic mass is 79.9. The third-order valence-electron chi connectivity index (χ3n) is 3.31. The van der Waals surface area contributed by atoms with E-state index >= 15 is 0 Å². The Balaban J connectivity index is 1.74. The van der Waals surface area contributed by atoms with E-state index in [0.717, 1.165) is 10.0 Å². The van der Waals surface area contributed by atoms with Crippen molar-refractivity contribution in [1.82, 2.24) is 15.6 Å². The molecule has 2 N–H and O–H groups in total. The molecule has 1 aromatic heterocycles. The molecule has 0 radical (unpaired) electrons. The molecule has 1 aromatic carbocycles. The van der Waals surface area contributed by atoms with Crippen molar-refractivity contribution in [3.05, 3.63) is 64.4 Å². The first-order valence-electron chi connectivity index (χ1n) is 7.29. The van der Waals surface area contributed by atoms with E-state index < -0.39 is 0 Å². The highest BCUT2D eigenvalue weighted by Gasteiger charge is 2.10. The molecular weight excluding hydrogens is 358 g/mol. The van der Waals surface area contributed by atoms with Crippen LogP contribution in [-0.2, 0) is 4.79 Å². The minimum Gasteiger partial charge on any atom is -0.352 e. The van der Waals surface area contributed by atoms with Gasteiger partial charge in [-0.05, 0) is 42.8 Å². The number of nitrogens with one attached hydrogen (secondary N) is 2. The van der Waals surface area contributed by atoms with Crippen molar-refractivity contribution in [1.29, 1.82) is 0 Å². The molecule has 6 heteroatoms. The molecule has 0 saturated heterocycles. The van der Waals surface area contributed by atoms with Gasteiger partial charge in [0, 0.05) is 35.4 Å². The first-order valence-corrected chi connectivity index (χ1v) is 8.08. The number of amides is 2. The van der Waals surface area contributed by atoms with Crippen molar-refractivity contribution in [2.24, 2.45) is 0 Å². The monoisotopic (exact) mass is 375 g/mol. The van der Waals surface area contributed by atoms with Crippen molar-refractivity contribution >= 4 is 27.7 Å². The highest BCUT2D eigenvalue weighted by molar-refractivity contribution is 9.10. The zero-order valence-electron chi connectivity index (χ0n) is 12.8. The predicted molar refractivity (Wildman–Crippen MR) is 91.9 cm³/mol. The second kappa shape index (κ2) is 8.43. The van der Waals surface area contributed by atoms with Crippen LogP contribution >= 0.6 is 15.9 Å². The quantitative estimate of drug-likeness (QED) is 0.815. The first-order chi connectivity index (χ1) is 11.1. The van der Waals surface area contributed by atoms with E-state index in [9.17, 15) is 9.59 Å². The summed E-state index contributed by atoms with van der Waals surface area (Å²) in [6, 6.07) is 10.7. The Hall–Kier alpha value is -2.21. The average molecular weight is 376 g/mol. The van der Waals surface area contributed by atoms with E-state index in [1.165, 1.54) is 0 Å². The molecule has 0 aliphatic rings. The van der Waals surface area contributed by atoms with Crippen LogP contribution in [0.1, 0.15) is 35.3 Å². The van der Waals surface area contributed by atoms with Gasteiger partial charge in [0.1, 0.15) is 0 Å². The van der Waals surface area contributed by atoms with Gasteiger partial charge in [-0.25, -0.2) is 0 Å². The Morgan fingerprint density at radius 1 is 1.22 bits per heavy atom. The third kappa shape index (κ3) is 5.49. The van der Waals surface area contributed by atoms with Crippen molar-refractivity contribution in [3.8, 4) is 0 Å². The van der Waals surface area contributed by atoms with Crippen LogP contribution < -0.4 is 10.6 Å². The Morgan fingerprint density at radius 2 is 1.96 bits per heavy atom. The number of hydrogen-bond acceptors (Lipinski definition) is 3. The highest BCUT2D eigenvalue weighted by Crippen LogP contribution is 2.11. The lowest BCUT2D eigenvalue weighted by Crippen LogP contribution is -2.32. The summed E-state index contributed by atoms with van der Waals surface area (Å²) in [4.78, 5) is 27.8. The molecule has 120 valence electrons. The van der Waals surface area contributed by atoms with Crippen molar-refractivity contribution in [2.75, 3.05) is 6.54 Å². The van der Waals surface area contributed by atoms with Gasteiger partial charge in [-0.15, -0.1) is 0 Å². The molecule has 0 fully saturated rings. The summed E-state index contributed by atoms with van der Waals surface area (Å²) in [5.41, 5.74) is 1.51. The number of hydrogen-bond donors (Lipinski definition) is 2. The molecule has 0 bridgehead atoms. The smallest absolute Gasteiger partial charge is 0.251 e. The number of pyridine rings is 1. The number of carbonyl (C=O) groups is 2. The fraction of sp³-hybridized carbons (Fsp3) is 0.235. The standard InChI is InChI=1S/C17H18BrN3O2/c1-12(14-3-2-9-19-11-14)21-16(22)8-10-20-17(23)13-4-6-15(18)7-5-13/h2-7,9,11-12H,8,10H2,1H3,(H,20,23)(H,21,22). The first kappa shape index (κ1) is 17.1. The molecule has 2 aromatic rings. The van der Waals surface area contributed by atoms with Gasteiger partial charge < -0.3 is 10.6 Å². The molecule has 2 amide bonds. The number of aromatic nitrogens is 1. The molecule has 0 aliphatic carbocycles. The summed E-state index contributed by atoms with van der Waals surface area (Å²) in [6.45, 7) is 2.19. The maximum Gasteiger partial charge on any atom is 0.251 e. The maximum absolute atomic E-state index is 11.9. The summed E-state index contributed by atoms with van der Waals surface area (Å²) >= 11 is 3.32. The number of benzene rings is 1. The van der Waals surface area contributed by atoms with Crippen molar-refractivity contribution < 1.29 is 9.59 Å². The largest absolute Gasteiger partial charge is 0.352 e. The van der Waals surface area contributed by atoms with Crippen LogP contribution in [0.25, 0.3) is 0 Å². The number of carbonyl (C=O) groups excluding carboxylic acids is 2. The Bertz CT molecular complexity index is 659. The summed E-state index contributed by atoms with van der Waals surface area (Å²) in [5, 5.41) is 5.62. The number of halogens is 1. The van der Waals surface area contributed by atoms with Gasteiger partial charge in [0.2, 0.25) is 5.91 Å².